The number of carbonyl (C=O) groups is 2. The lowest BCUT2D eigenvalue weighted by Gasteiger charge is -2.27. The quantitative estimate of drug-likeness (QED) is 0.296. The molecule has 3 amide bonds. The summed E-state index contributed by atoms with van der Waals surface area (Å²) in [6, 6.07) is 15.3. The molecule has 0 atom stereocenters. The van der Waals surface area contributed by atoms with Crippen molar-refractivity contribution in [2.45, 2.75) is 45.4 Å². The smallest absolute Gasteiger partial charge is 0.332 e. The molecule has 2 aromatic heterocycles. The summed E-state index contributed by atoms with van der Waals surface area (Å²) < 4.78 is 6.73. The van der Waals surface area contributed by atoms with E-state index >= 15 is 0 Å². The van der Waals surface area contributed by atoms with Crippen molar-refractivity contribution in [3.8, 4) is 0 Å². The predicted molar refractivity (Wildman–Crippen MR) is 170 cm³/mol. The predicted octanol–water partition coefficient (Wildman–Crippen LogP) is 5.93. The average Bonchev–Trinajstić information content (AvgIpc) is 3.64. The molecule has 8 nitrogen and oxygen atoms in total. The Morgan fingerprint density at radius 3 is 2.76 bits per heavy atom. The van der Waals surface area contributed by atoms with Crippen molar-refractivity contribution in [2.24, 2.45) is 4.99 Å². The Morgan fingerprint density at radius 1 is 1.10 bits per heavy atom. The lowest BCUT2D eigenvalue weighted by atomic mass is 10.1. The zero-order valence-electron chi connectivity index (χ0n) is 23.6. The van der Waals surface area contributed by atoms with Crippen molar-refractivity contribution in [3.05, 3.63) is 75.0 Å². The van der Waals surface area contributed by atoms with Crippen molar-refractivity contribution in [1.29, 1.82) is 0 Å². The van der Waals surface area contributed by atoms with Gasteiger partial charge in [0.25, 0.3) is 5.91 Å². The van der Waals surface area contributed by atoms with Gasteiger partial charge in [0.15, 0.2) is 11.4 Å². The molecule has 214 valence electrons. The molecule has 0 radical (unpaired) electrons. The minimum absolute atomic E-state index is 0.249. The van der Waals surface area contributed by atoms with Gasteiger partial charge in [-0.1, -0.05) is 36.3 Å². The maximum Gasteiger partial charge on any atom is 0.332 e. The Bertz CT molecular complexity index is 1830. The van der Waals surface area contributed by atoms with E-state index in [0.717, 1.165) is 52.2 Å². The number of anilines is 3. The molecule has 4 aromatic rings. The van der Waals surface area contributed by atoms with E-state index in [1.165, 1.54) is 49.3 Å². The molecule has 0 saturated carbocycles. The zero-order valence-corrected chi connectivity index (χ0v) is 24.4. The van der Waals surface area contributed by atoms with Gasteiger partial charge in [0, 0.05) is 28.4 Å². The van der Waals surface area contributed by atoms with E-state index in [4.69, 9.17) is 9.41 Å². The van der Waals surface area contributed by atoms with Crippen LogP contribution in [-0.4, -0.2) is 42.7 Å². The molecule has 2 N–H and O–H groups in total. The van der Waals surface area contributed by atoms with Crippen LogP contribution in [0.15, 0.2) is 64.2 Å². The molecular formula is C33H33N5O3S. The van der Waals surface area contributed by atoms with Crippen LogP contribution < -0.4 is 25.3 Å². The second kappa shape index (κ2) is 11.2. The number of urea groups is 1. The summed E-state index contributed by atoms with van der Waals surface area (Å²) in [7, 11) is 0. The molecule has 3 aliphatic heterocycles. The number of nitrogens with zero attached hydrogens (tertiary/aromatic N) is 3. The third kappa shape index (κ3) is 4.92. The summed E-state index contributed by atoms with van der Waals surface area (Å²) >= 11 is 1.41. The lowest BCUT2D eigenvalue weighted by molar-refractivity contribution is 0.103. The Kier molecular flexibility index (Phi) is 7.13. The Labute approximate surface area is 248 Å². The molecule has 1 fully saturated rings. The van der Waals surface area contributed by atoms with Gasteiger partial charge in [-0.25, -0.2) is 14.7 Å². The summed E-state index contributed by atoms with van der Waals surface area (Å²) in [5, 5.41) is 7.76. The first kappa shape index (κ1) is 26.7. The van der Waals surface area contributed by atoms with Crippen LogP contribution >= 0.6 is 11.3 Å². The molecule has 3 aliphatic rings. The Morgan fingerprint density at radius 2 is 1.93 bits per heavy atom. The summed E-state index contributed by atoms with van der Waals surface area (Å²) in [6.07, 6.45) is 9.96. The van der Waals surface area contributed by atoms with Crippen molar-refractivity contribution in [3.63, 3.8) is 0 Å². The fourth-order valence-corrected chi connectivity index (χ4v) is 7.23. The summed E-state index contributed by atoms with van der Waals surface area (Å²) in [4.78, 5) is 36.7. The topological polar surface area (TPSA) is 90.2 Å². The van der Waals surface area contributed by atoms with E-state index in [2.05, 4.69) is 34.6 Å². The number of aliphatic imine (C=N–C) groups is 1. The van der Waals surface area contributed by atoms with Gasteiger partial charge in [0.1, 0.15) is 4.88 Å². The molecule has 5 heterocycles. The highest BCUT2D eigenvalue weighted by Gasteiger charge is 2.33. The van der Waals surface area contributed by atoms with Gasteiger partial charge in [-0.05, 0) is 81.9 Å². The van der Waals surface area contributed by atoms with Crippen LogP contribution in [-0.2, 0) is 6.42 Å². The number of hydrogen-bond acceptors (Lipinski definition) is 6. The SMILES string of the molecule is C/C1=c2/sc(C(=O)Nc3ccc(CCN4CCCCC4)cc3)c3c2=C(/N=C\CC1)N(c1cccc2ccoc12)C(=O)N3. The van der Waals surface area contributed by atoms with Gasteiger partial charge in [-0.2, -0.15) is 0 Å². The highest BCUT2D eigenvalue weighted by atomic mass is 32.1. The molecule has 42 heavy (non-hydrogen) atoms. The van der Waals surface area contributed by atoms with Crippen LogP contribution in [0.4, 0.5) is 21.9 Å². The molecule has 0 spiro atoms. The normalized spacial score (nSPS) is 19.2. The van der Waals surface area contributed by atoms with Crippen molar-refractivity contribution in [1.82, 2.24) is 4.90 Å². The first-order chi connectivity index (χ1) is 20.6. The van der Waals surface area contributed by atoms with Crippen molar-refractivity contribution >= 4 is 68.9 Å². The number of benzene rings is 2. The minimum Gasteiger partial charge on any atom is -0.462 e. The number of piperidine rings is 1. The highest BCUT2D eigenvalue weighted by Crippen LogP contribution is 2.34. The third-order valence-corrected chi connectivity index (χ3v) is 9.66. The standard InChI is InChI=1S/C33H33N5O3S/c1-21-7-6-16-34-31-26-27(36-33(40)38(31)25-9-5-8-23-15-20-41-28(23)25)30(42-29(21)26)32(39)35-24-12-10-22(11-13-24)14-19-37-17-3-2-4-18-37/h5,8-13,15-16,20H,2-4,6-7,14,17-19H2,1H3,(H,35,39)(H,36,40)/b29-21-,34-16-. The molecule has 0 aliphatic carbocycles. The van der Waals surface area contributed by atoms with Crippen molar-refractivity contribution < 1.29 is 14.0 Å². The van der Waals surface area contributed by atoms with E-state index < -0.39 is 0 Å². The van der Waals surface area contributed by atoms with Gasteiger partial charge in [0.2, 0.25) is 0 Å². The molecule has 0 unspecified atom stereocenters. The minimum atomic E-state index is -0.381. The highest BCUT2D eigenvalue weighted by molar-refractivity contribution is 7.13. The van der Waals surface area contributed by atoms with E-state index in [-0.39, 0.29) is 11.9 Å². The zero-order chi connectivity index (χ0) is 28.6. The van der Waals surface area contributed by atoms with Crippen LogP contribution in [0.1, 0.15) is 54.3 Å². The number of nitrogens with one attached hydrogen (secondary N) is 2. The number of thiophene rings is 1. The second-order valence-corrected chi connectivity index (χ2v) is 12.2. The van der Waals surface area contributed by atoms with Gasteiger partial charge < -0.3 is 20.0 Å². The van der Waals surface area contributed by atoms with Crippen LogP contribution in [0.25, 0.3) is 22.4 Å². The molecular weight excluding hydrogens is 546 g/mol. The van der Waals surface area contributed by atoms with Crippen LogP contribution in [0.5, 0.6) is 0 Å². The molecule has 1 saturated heterocycles. The van der Waals surface area contributed by atoms with Gasteiger partial charge >= 0.3 is 6.03 Å². The monoisotopic (exact) mass is 579 g/mol. The fourth-order valence-electron chi connectivity index (χ4n) is 6.05. The third-order valence-electron chi connectivity index (χ3n) is 8.31. The van der Waals surface area contributed by atoms with Crippen molar-refractivity contribution in [2.75, 3.05) is 35.2 Å². The van der Waals surface area contributed by atoms with Gasteiger partial charge in [0.05, 0.1) is 22.9 Å². The summed E-state index contributed by atoms with van der Waals surface area (Å²) in [5.41, 5.74) is 4.86. The lowest BCUT2D eigenvalue weighted by Crippen LogP contribution is -2.45. The maximum atomic E-state index is 13.7. The number of furan rings is 1. The maximum absolute atomic E-state index is 13.7. The summed E-state index contributed by atoms with van der Waals surface area (Å²) in [6.45, 7) is 5.53. The Balaban J connectivity index is 1.22. The molecule has 7 rings (SSSR count). The fraction of sp³-hybridized carbons (Fsp3) is 0.303. The largest absolute Gasteiger partial charge is 0.462 e. The number of carbonyl (C=O) groups excluding carboxylic acids is 2. The Hall–Kier alpha value is -4.21. The van der Waals surface area contributed by atoms with E-state index in [0.29, 0.717) is 27.7 Å². The number of rotatable bonds is 6. The first-order valence-electron chi connectivity index (χ1n) is 14.7. The first-order valence-corrected chi connectivity index (χ1v) is 15.5. The molecule has 0 bridgehead atoms. The average molecular weight is 580 g/mol. The van der Waals surface area contributed by atoms with Crippen LogP contribution in [0, 0.1) is 0 Å². The second-order valence-electron chi connectivity index (χ2n) is 11.1. The van der Waals surface area contributed by atoms with E-state index in [9.17, 15) is 9.59 Å². The molecule has 9 heteroatoms. The van der Waals surface area contributed by atoms with E-state index in [1.54, 1.807) is 11.2 Å². The van der Waals surface area contributed by atoms with Crippen LogP contribution in [0.3, 0.4) is 0 Å². The summed E-state index contributed by atoms with van der Waals surface area (Å²) in [5.74, 6) is 0.251. The van der Waals surface area contributed by atoms with E-state index in [1.807, 2.05) is 42.6 Å². The number of likely N-dealkylation sites (tertiary alicyclic amines) is 1. The van der Waals surface area contributed by atoms with Gasteiger partial charge in [-0.3, -0.25) is 4.79 Å². The molecule has 2 aromatic carbocycles. The number of amides is 3. The van der Waals surface area contributed by atoms with Gasteiger partial charge in [-0.15, -0.1) is 11.3 Å². The number of hydrogen-bond donors (Lipinski definition) is 2. The number of fused-ring (bicyclic) bond motifs is 1. The number of para-hydroxylation sites is 1. The van der Waals surface area contributed by atoms with Crippen LogP contribution in [0.2, 0.25) is 0 Å².